The molecule has 1 aliphatic heterocycles. The van der Waals surface area contributed by atoms with E-state index < -0.39 is 21.6 Å². The van der Waals surface area contributed by atoms with Crippen molar-refractivity contribution in [2.24, 2.45) is 0 Å². The summed E-state index contributed by atoms with van der Waals surface area (Å²) in [5.74, 6) is -0.154. The number of hydrogen-bond acceptors (Lipinski definition) is 4. The largest absolute Gasteiger partial charge is 0.497 e. The van der Waals surface area contributed by atoms with E-state index in [1.807, 2.05) is 0 Å². The molecule has 0 bridgehead atoms. The number of allylic oxidation sites excluding steroid dienone is 2. The molecule has 1 aliphatic rings. The highest BCUT2D eigenvalue weighted by molar-refractivity contribution is 7.51. The van der Waals surface area contributed by atoms with Gasteiger partial charge in [-0.2, -0.15) is 0 Å². The summed E-state index contributed by atoms with van der Waals surface area (Å²) in [4.78, 5) is 30.0. The quantitative estimate of drug-likeness (QED) is 0.242. The molecule has 0 unspecified atom stereocenters. The minimum Gasteiger partial charge on any atom is -0.497 e. The van der Waals surface area contributed by atoms with Gasteiger partial charge in [0, 0.05) is 20.1 Å². The molecule has 1 fully saturated rings. The molecule has 0 aromatic heterocycles. The maximum atomic E-state index is 11.9. The van der Waals surface area contributed by atoms with Crippen LogP contribution in [0.1, 0.15) is 13.3 Å². The lowest BCUT2D eigenvalue weighted by Crippen LogP contribution is -2.22. The van der Waals surface area contributed by atoms with Crippen LogP contribution in [0, 0.1) is 0 Å². The van der Waals surface area contributed by atoms with Gasteiger partial charge in [-0.05, 0) is 13.0 Å². The number of rotatable bonds is 7. The van der Waals surface area contributed by atoms with Crippen molar-refractivity contribution in [2.75, 3.05) is 19.4 Å². The molecule has 1 rings (SSSR count). The van der Waals surface area contributed by atoms with E-state index in [4.69, 9.17) is 19.3 Å². The molecule has 0 atom stereocenters. The van der Waals surface area contributed by atoms with Gasteiger partial charge in [0.25, 0.3) is 0 Å². The van der Waals surface area contributed by atoms with Crippen molar-refractivity contribution in [1.29, 1.82) is 0 Å². The third-order valence-electron chi connectivity index (χ3n) is 3.27. The minimum absolute atomic E-state index is 0.0255. The predicted molar refractivity (Wildman–Crippen MR) is 87.4 cm³/mol. The second kappa shape index (κ2) is 7.59. The van der Waals surface area contributed by atoms with Crippen LogP contribution >= 0.6 is 7.60 Å². The first-order valence-corrected chi connectivity index (χ1v) is 12.8. The van der Waals surface area contributed by atoms with E-state index >= 15 is 0 Å². The Kier molecular flexibility index (Phi) is 6.61. The number of cyclic esters (lactones) is 1. The summed E-state index contributed by atoms with van der Waals surface area (Å²) < 4.78 is 21.8. The average molecular weight is 348 g/mol. The van der Waals surface area contributed by atoms with Gasteiger partial charge in [-0.25, -0.2) is 4.79 Å². The normalized spacial score (nSPS) is 20.3. The minimum atomic E-state index is -4.15. The van der Waals surface area contributed by atoms with E-state index in [9.17, 15) is 9.36 Å². The number of ether oxygens (including phenoxy) is 2. The predicted octanol–water partition coefficient (Wildman–Crippen LogP) is 2.67. The fraction of sp³-hybridized carbons (Fsp3) is 0.643. The molecule has 0 radical (unpaired) electrons. The first-order valence-electron chi connectivity index (χ1n) is 7.27. The fourth-order valence-corrected chi connectivity index (χ4v) is 3.15. The zero-order valence-corrected chi connectivity index (χ0v) is 15.5. The average Bonchev–Trinajstić information content (AvgIpc) is 2.72. The SMILES string of the molecule is C/C=C1\COC(=O)\C1=C(\CCP(=O)(O)O)OCC[Si](C)(C)C. The lowest BCUT2D eigenvalue weighted by molar-refractivity contribution is -0.135. The maximum absolute atomic E-state index is 11.9. The number of carbonyl (C=O) groups excluding carboxylic acids is 1. The molecule has 0 aromatic rings. The fourth-order valence-electron chi connectivity index (χ4n) is 1.94. The van der Waals surface area contributed by atoms with E-state index in [1.54, 1.807) is 13.0 Å². The van der Waals surface area contributed by atoms with Crippen molar-refractivity contribution in [3.8, 4) is 0 Å². The molecule has 22 heavy (non-hydrogen) atoms. The maximum Gasteiger partial charge on any atom is 0.342 e. The summed E-state index contributed by atoms with van der Waals surface area (Å²) in [7, 11) is -5.45. The van der Waals surface area contributed by atoms with Gasteiger partial charge in [0.15, 0.2) is 0 Å². The summed E-state index contributed by atoms with van der Waals surface area (Å²) in [6.45, 7) is 9.04. The first-order chi connectivity index (χ1) is 10.0. The molecule has 0 amide bonds. The molecule has 1 heterocycles. The van der Waals surface area contributed by atoms with Gasteiger partial charge in [0.2, 0.25) is 0 Å². The monoisotopic (exact) mass is 348 g/mol. The molecule has 0 saturated carbocycles. The second-order valence-electron chi connectivity index (χ2n) is 6.49. The summed E-state index contributed by atoms with van der Waals surface area (Å²) in [5, 5.41) is 0. The smallest absolute Gasteiger partial charge is 0.342 e. The van der Waals surface area contributed by atoms with Gasteiger partial charge in [-0.3, -0.25) is 4.57 Å². The van der Waals surface area contributed by atoms with Gasteiger partial charge < -0.3 is 19.3 Å². The highest BCUT2D eigenvalue weighted by Gasteiger charge is 2.30. The van der Waals surface area contributed by atoms with E-state index in [2.05, 4.69) is 19.6 Å². The van der Waals surface area contributed by atoms with Crippen molar-refractivity contribution in [3.63, 3.8) is 0 Å². The van der Waals surface area contributed by atoms with Gasteiger partial charge in [0.05, 0.1) is 12.8 Å². The summed E-state index contributed by atoms with van der Waals surface area (Å²) in [6.07, 6.45) is 1.44. The topological polar surface area (TPSA) is 93.1 Å². The Morgan fingerprint density at radius 3 is 2.55 bits per heavy atom. The molecule has 0 aromatic carbocycles. The van der Waals surface area contributed by atoms with Crippen LogP contribution in [0.4, 0.5) is 0 Å². The summed E-state index contributed by atoms with van der Waals surface area (Å²) in [5.41, 5.74) is 1.03. The van der Waals surface area contributed by atoms with E-state index in [1.165, 1.54) is 0 Å². The Morgan fingerprint density at radius 1 is 1.41 bits per heavy atom. The van der Waals surface area contributed by atoms with Crippen LogP contribution in [0.25, 0.3) is 0 Å². The third-order valence-corrected chi connectivity index (χ3v) is 5.78. The second-order valence-corrected chi connectivity index (χ2v) is 13.9. The van der Waals surface area contributed by atoms with Crippen LogP contribution in [0.5, 0.6) is 0 Å². The molecule has 0 aliphatic carbocycles. The van der Waals surface area contributed by atoms with Gasteiger partial charge in [-0.1, -0.05) is 25.7 Å². The Hall–Kier alpha value is -0.883. The number of hydrogen-bond donors (Lipinski definition) is 2. The van der Waals surface area contributed by atoms with Crippen LogP contribution < -0.4 is 0 Å². The Balaban J connectivity index is 2.95. The van der Waals surface area contributed by atoms with Crippen molar-refractivity contribution in [2.45, 2.75) is 39.0 Å². The van der Waals surface area contributed by atoms with Crippen molar-refractivity contribution < 1.29 is 28.6 Å². The van der Waals surface area contributed by atoms with E-state index in [0.717, 1.165) is 6.04 Å². The van der Waals surface area contributed by atoms with Crippen molar-refractivity contribution >= 4 is 21.6 Å². The summed E-state index contributed by atoms with van der Waals surface area (Å²) >= 11 is 0. The number of esters is 1. The Bertz CT molecular complexity index is 526. The third kappa shape index (κ3) is 6.48. The molecule has 6 nitrogen and oxygen atoms in total. The van der Waals surface area contributed by atoms with Crippen LogP contribution in [-0.2, 0) is 18.8 Å². The Labute approximate surface area is 132 Å². The van der Waals surface area contributed by atoms with Crippen LogP contribution in [0.2, 0.25) is 25.7 Å². The lowest BCUT2D eigenvalue weighted by atomic mass is 10.1. The van der Waals surface area contributed by atoms with Gasteiger partial charge in [-0.15, -0.1) is 0 Å². The van der Waals surface area contributed by atoms with Crippen molar-refractivity contribution in [1.82, 2.24) is 0 Å². The standard InChI is InChI=1S/C14H25O6PSi/c1-5-11-10-20-14(15)13(11)12(6-8-21(16,17)18)19-7-9-22(2,3)4/h5H,6-10H2,1-4H3,(H2,16,17,18)/b11-5+,13-12-. The van der Waals surface area contributed by atoms with E-state index in [0.29, 0.717) is 23.5 Å². The molecule has 8 heteroatoms. The number of carbonyl (C=O) groups is 1. The van der Waals surface area contributed by atoms with Crippen molar-refractivity contribution in [3.05, 3.63) is 23.0 Å². The zero-order valence-electron chi connectivity index (χ0n) is 13.6. The molecule has 126 valence electrons. The molecule has 2 N–H and O–H groups in total. The highest BCUT2D eigenvalue weighted by Crippen LogP contribution is 2.38. The first kappa shape index (κ1) is 19.2. The molecular weight excluding hydrogens is 323 g/mol. The molecule has 0 spiro atoms. The van der Waals surface area contributed by atoms with Crippen LogP contribution in [0.15, 0.2) is 23.0 Å². The lowest BCUT2D eigenvalue weighted by Gasteiger charge is -2.18. The highest BCUT2D eigenvalue weighted by atomic mass is 31.2. The zero-order chi connectivity index (χ0) is 17.0. The van der Waals surface area contributed by atoms with Gasteiger partial charge in [0.1, 0.15) is 17.9 Å². The van der Waals surface area contributed by atoms with Gasteiger partial charge >= 0.3 is 13.6 Å². The van der Waals surface area contributed by atoms with Crippen LogP contribution in [-0.4, -0.2) is 43.2 Å². The Morgan fingerprint density at radius 2 is 2.05 bits per heavy atom. The summed E-state index contributed by atoms with van der Waals surface area (Å²) in [6, 6.07) is 0.903. The molecule has 1 saturated heterocycles. The molecular formula is C14H25O6PSi. The van der Waals surface area contributed by atoms with Crippen LogP contribution in [0.3, 0.4) is 0 Å². The van der Waals surface area contributed by atoms with E-state index in [-0.39, 0.29) is 19.2 Å².